The molecule has 0 amide bonds. The summed E-state index contributed by atoms with van der Waals surface area (Å²) in [6.07, 6.45) is 0. The van der Waals surface area contributed by atoms with Crippen LogP contribution in [0.4, 0.5) is 0 Å². The first-order valence-electron chi connectivity index (χ1n) is 16.8. The number of fused-ring (bicyclic) bond motifs is 11. The summed E-state index contributed by atoms with van der Waals surface area (Å²) in [5, 5.41) is 10.3. The molecule has 0 radical (unpaired) electrons. The summed E-state index contributed by atoms with van der Waals surface area (Å²) in [5.74, 6) is 0. The fourth-order valence-electron chi connectivity index (χ4n) is 8.07. The average molecular weight is 641 g/mol. The largest absolute Gasteiger partial charge is 0.309 e. The quantitative estimate of drug-likeness (QED) is 0.182. The minimum Gasteiger partial charge on any atom is -0.309 e. The molecule has 0 saturated carbocycles. The van der Waals surface area contributed by atoms with Gasteiger partial charge in [0.15, 0.2) is 0 Å². The lowest BCUT2D eigenvalue weighted by atomic mass is 10.0. The molecule has 49 heavy (non-hydrogen) atoms. The van der Waals surface area contributed by atoms with Gasteiger partial charge in [-0.1, -0.05) is 109 Å². The Hall–Kier alpha value is -6.16. The monoisotopic (exact) mass is 640 g/mol. The van der Waals surface area contributed by atoms with E-state index in [0.717, 1.165) is 0 Å². The molecule has 0 saturated heterocycles. The predicted octanol–water partition coefficient (Wildman–Crippen LogP) is 13.1. The average Bonchev–Trinajstić information content (AvgIpc) is 3.82. The molecule has 0 unspecified atom stereocenters. The van der Waals surface area contributed by atoms with Crippen molar-refractivity contribution in [2.75, 3.05) is 0 Å². The van der Waals surface area contributed by atoms with Crippen LogP contribution in [-0.4, -0.2) is 9.13 Å². The molecule has 0 aliphatic heterocycles. The second-order valence-corrected chi connectivity index (χ2v) is 14.0. The third-order valence-electron chi connectivity index (χ3n) is 10.3. The Bertz CT molecular complexity index is 3100. The molecular formula is C46H28N2S. The number of para-hydroxylation sites is 3. The maximum atomic E-state index is 2.44. The smallest absolute Gasteiger partial charge is 0.0547 e. The third kappa shape index (κ3) is 3.88. The first-order chi connectivity index (χ1) is 24.3. The molecule has 11 rings (SSSR count). The van der Waals surface area contributed by atoms with E-state index in [-0.39, 0.29) is 0 Å². The van der Waals surface area contributed by atoms with Crippen LogP contribution in [0.2, 0.25) is 0 Å². The first kappa shape index (κ1) is 26.9. The SMILES string of the molecule is c1ccc(-n2c3ccccc3c3ccc(-c4ccc5c(c4)c4ccccc4n5-c4ccc5sc6c7ccccc7ccc6c5c4)cc32)cc1. The van der Waals surface area contributed by atoms with Crippen LogP contribution in [0.5, 0.6) is 0 Å². The van der Waals surface area contributed by atoms with E-state index in [9.17, 15) is 0 Å². The molecule has 0 fully saturated rings. The Morgan fingerprint density at radius 1 is 0.327 bits per heavy atom. The molecule has 2 nitrogen and oxygen atoms in total. The Morgan fingerprint density at radius 3 is 1.78 bits per heavy atom. The molecule has 0 atom stereocenters. The number of hydrogen-bond acceptors (Lipinski definition) is 1. The molecule has 228 valence electrons. The van der Waals surface area contributed by atoms with Crippen LogP contribution >= 0.6 is 11.3 Å². The van der Waals surface area contributed by atoms with Gasteiger partial charge in [0.1, 0.15) is 0 Å². The molecule has 11 aromatic rings. The zero-order chi connectivity index (χ0) is 32.1. The fraction of sp³-hybridized carbons (Fsp3) is 0. The van der Waals surface area contributed by atoms with E-state index in [2.05, 4.69) is 179 Å². The van der Waals surface area contributed by atoms with Gasteiger partial charge in [-0.25, -0.2) is 0 Å². The molecule has 0 N–H and O–H groups in total. The van der Waals surface area contributed by atoms with Crippen LogP contribution in [0, 0.1) is 0 Å². The van der Waals surface area contributed by atoms with Gasteiger partial charge in [0.25, 0.3) is 0 Å². The summed E-state index contributed by atoms with van der Waals surface area (Å²) in [4.78, 5) is 0. The van der Waals surface area contributed by atoms with Crippen molar-refractivity contribution in [2.45, 2.75) is 0 Å². The van der Waals surface area contributed by atoms with Gasteiger partial charge in [-0.3, -0.25) is 0 Å². The van der Waals surface area contributed by atoms with E-state index in [1.807, 2.05) is 11.3 Å². The van der Waals surface area contributed by atoms with Crippen LogP contribution in [0.25, 0.3) is 97.1 Å². The van der Waals surface area contributed by atoms with Crippen molar-refractivity contribution in [3.63, 3.8) is 0 Å². The lowest BCUT2D eigenvalue weighted by Crippen LogP contribution is -1.94. The highest BCUT2D eigenvalue weighted by Crippen LogP contribution is 2.42. The molecule has 0 bridgehead atoms. The van der Waals surface area contributed by atoms with Crippen molar-refractivity contribution in [2.24, 2.45) is 0 Å². The predicted molar refractivity (Wildman–Crippen MR) is 211 cm³/mol. The Kier molecular flexibility index (Phi) is 5.57. The van der Waals surface area contributed by atoms with Crippen LogP contribution < -0.4 is 0 Å². The molecule has 3 heteroatoms. The highest BCUT2D eigenvalue weighted by molar-refractivity contribution is 7.26. The van der Waals surface area contributed by atoms with Crippen molar-refractivity contribution in [1.29, 1.82) is 0 Å². The summed E-state index contributed by atoms with van der Waals surface area (Å²) in [7, 11) is 0. The van der Waals surface area contributed by atoms with E-state index in [0.29, 0.717) is 0 Å². The summed E-state index contributed by atoms with van der Waals surface area (Å²) >= 11 is 1.89. The Labute approximate surface area is 286 Å². The number of hydrogen-bond donors (Lipinski definition) is 0. The van der Waals surface area contributed by atoms with E-state index in [4.69, 9.17) is 0 Å². The van der Waals surface area contributed by atoms with Gasteiger partial charge in [0.2, 0.25) is 0 Å². The minimum absolute atomic E-state index is 1.17. The van der Waals surface area contributed by atoms with Gasteiger partial charge in [-0.2, -0.15) is 0 Å². The second kappa shape index (κ2) is 10.2. The van der Waals surface area contributed by atoms with E-state index >= 15 is 0 Å². The van der Waals surface area contributed by atoms with Gasteiger partial charge < -0.3 is 9.13 Å². The first-order valence-corrected chi connectivity index (χ1v) is 17.6. The highest BCUT2D eigenvalue weighted by Gasteiger charge is 2.17. The summed E-state index contributed by atoms with van der Waals surface area (Å²) in [6.45, 7) is 0. The van der Waals surface area contributed by atoms with E-state index < -0.39 is 0 Å². The van der Waals surface area contributed by atoms with E-state index in [1.165, 1.54) is 97.1 Å². The van der Waals surface area contributed by atoms with Gasteiger partial charge in [0, 0.05) is 53.1 Å². The highest BCUT2D eigenvalue weighted by atomic mass is 32.1. The molecule has 8 aromatic carbocycles. The van der Waals surface area contributed by atoms with Crippen LogP contribution in [-0.2, 0) is 0 Å². The van der Waals surface area contributed by atoms with Crippen LogP contribution in [0.1, 0.15) is 0 Å². The zero-order valence-corrected chi connectivity index (χ0v) is 27.3. The molecule has 3 heterocycles. The van der Waals surface area contributed by atoms with Gasteiger partial charge in [-0.05, 0) is 82.6 Å². The number of benzene rings is 8. The van der Waals surface area contributed by atoms with Gasteiger partial charge in [-0.15, -0.1) is 11.3 Å². The Balaban J connectivity index is 1.11. The van der Waals surface area contributed by atoms with Gasteiger partial charge in [0.05, 0.1) is 22.1 Å². The third-order valence-corrected chi connectivity index (χ3v) is 11.5. The normalized spacial score (nSPS) is 12.1. The number of rotatable bonds is 3. The molecule has 0 aliphatic carbocycles. The summed E-state index contributed by atoms with van der Waals surface area (Å²) < 4.78 is 7.52. The second-order valence-electron chi connectivity index (χ2n) is 13.0. The number of thiophene rings is 1. The lowest BCUT2D eigenvalue weighted by Gasteiger charge is -2.10. The van der Waals surface area contributed by atoms with Crippen molar-refractivity contribution in [3.05, 3.63) is 170 Å². The summed E-state index contributed by atoms with van der Waals surface area (Å²) in [6, 6.07) is 62.4. The number of aromatic nitrogens is 2. The molecule has 0 spiro atoms. The standard InChI is InChI=1S/C46H28N2S/c1-2-11-32(12-3-1)47-41-16-8-6-14-35(41)37-22-19-31(27-44(37)47)30-20-24-43-39(26-30)36-15-7-9-17-42(36)48(43)33-21-25-45-40(28-33)38-23-18-29-10-4-5-13-34(29)46(38)49-45/h1-28H. The maximum Gasteiger partial charge on any atom is 0.0547 e. The Morgan fingerprint density at radius 2 is 0.939 bits per heavy atom. The van der Waals surface area contributed by atoms with Crippen molar-refractivity contribution in [1.82, 2.24) is 9.13 Å². The molecular weight excluding hydrogens is 613 g/mol. The van der Waals surface area contributed by atoms with Crippen molar-refractivity contribution < 1.29 is 0 Å². The minimum atomic E-state index is 1.17. The fourth-order valence-corrected chi connectivity index (χ4v) is 9.29. The van der Waals surface area contributed by atoms with Crippen LogP contribution in [0.3, 0.4) is 0 Å². The van der Waals surface area contributed by atoms with Crippen molar-refractivity contribution >= 4 is 85.9 Å². The lowest BCUT2D eigenvalue weighted by molar-refractivity contribution is 1.18. The van der Waals surface area contributed by atoms with E-state index in [1.54, 1.807) is 0 Å². The van der Waals surface area contributed by atoms with Gasteiger partial charge >= 0.3 is 0 Å². The maximum absolute atomic E-state index is 2.44. The molecule has 3 aromatic heterocycles. The van der Waals surface area contributed by atoms with Crippen molar-refractivity contribution in [3.8, 4) is 22.5 Å². The molecule has 0 aliphatic rings. The number of nitrogens with zero attached hydrogens (tertiary/aromatic N) is 2. The van der Waals surface area contributed by atoms with Crippen LogP contribution in [0.15, 0.2) is 170 Å². The topological polar surface area (TPSA) is 9.86 Å². The summed E-state index contributed by atoms with van der Waals surface area (Å²) in [5.41, 5.74) is 9.67. The zero-order valence-electron chi connectivity index (χ0n) is 26.5.